The maximum absolute atomic E-state index is 14.0. The monoisotopic (exact) mass is 500 g/mol. The van der Waals surface area contributed by atoms with Crippen LogP contribution in [0.15, 0.2) is 48.5 Å². The summed E-state index contributed by atoms with van der Waals surface area (Å²) in [5.41, 5.74) is 1.26. The number of hydrogen-bond acceptors (Lipinski definition) is 5. The quantitative estimate of drug-likeness (QED) is 0.488. The number of hydrogen-bond donors (Lipinski definition) is 1. The van der Waals surface area contributed by atoms with Crippen molar-refractivity contribution in [1.82, 2.24) is 15.1 Å². The van der Waals surface area contributed by atoms with Gasteiger partial charge in [0.15, 0.2) is 5.69 Å². The highest BCUT2D eigenvalue weighted by atomic mass is 19.4. The number of benzene rings is 2. The molecule has 1 aliphatic heterocycles. The van der Waals surface area contributed by atoms with E-state index in [2.05, 4.69) is 15.2 Å². The number of aromatic nitrogens is 2. The summed E-state index contributed by atoms with van der Waals surface area (Å²) >= 11 is 0. The number of carbonyl (C=O) groups is 2. The van der Waals surface area contributed by atoms with Gasteiger partial charge >= 0.3 is 12.1 Å². The van der Waals surface area contributed by atoms with Crippen LogP contribution in [-0.2, 0) is 24.0 Å². The van der Waals surface area contributed by atoms with E-state index in [0.717, 1.165) is 11.1 Å². The van der Waals surface area contributed by atoms with Crippen LogP contribution in [0.5, 0.6) is 0 Å². The molecule has 10 heteroatoms. The van der Waals surface area contributed by atoms with E-state index >= 15 is 0 Å². The molecule has 0 unspecified atom stereocenters. The molecule has 0 spiro atoms. The summed E-state index contributed by atoms with van der Waals surface area (Å²) in [4.78, 5) is 26.8. The van der Waals surface area contributed by atoms with Gasteiger partial charge in [-0.2, -0.15) is 18.3 Å². The standard InChI is InChI=1S/C26H27F3N4O3/c1-16-7-4-5-8-20(16)15-32-13-6-14-33-24(32)21(22(31-33)26(27,28)29)23(34)30-17(2)18-9-11-19(12-10-18)25(35)36-3/h4-5,7-12,17H,6,13-15H2,1-3H3,(H,30,34)/t17-/m0/s1. The number of methoxy groups -OCH3 is 1. The van der Waals surface area contributed by atoms with Crippen LogP contribution in [0.1, 0.15) is 62.5 Å². The molecule has 0 aliphatic carbocycles. The van der Waals surface area contributed by atoms with Crippen LogP contribution in [0.2, 0.25) is 0 Å². The van der Waals surface area contributed by atoms with E-state index in [0.29, 0.717) is 37.2 Å². The second-order valence-corrected chi connectivity index (χ2v) is 8.78. The molecule has 0 saturated heterocycles. The van der Waals surface area contributed by atoms with Crippen molar-refractivity contribution in [3.8, 4) is 0 Å². The van der Waals surface area contributed by atoms with Crippen LogP contribution in [0.25, 0.3) is 0 Å². The van der Waals surface area contributed by atoms with Gasteiger partial charge in [-0.25, -0.2) is 9.48 Å². The first-order valence-electron chi connectivity index (χ1n) is 11.6. The number of nitrogens with one attached hydrogen (secondary N) is 1. The average Bonchev–Trinajstić information content (AvgIpc) is 3.26. The Labute approximate surface area is 206 Å². The second kappa shape index (κ2) is 10.0. The fourth-order valence-electron chi connectivity index (χ4n) is 4.38. The van der Waals surface area contributed by atoms with E-state index in [4.69, 9.17) is 0 Å². The molecule has 0 saturated carbocycles. The molecule has 2 aromatic carbocycles. The van der Waals surface area contributed by atoms with Crippen molar-refractivity contribution in [2.24, 2.45) is 0 Å². The van der Waals surface area contributed by atoms with Crippen molar-refractivity contribution in [3.05, 3.63) is 82.0 Å². The molecule has 0 bridgehead atoms. The van der Waals surface area contributed by atoms with Crippen molar-refractivity contribution < 1.29 is 27.5 Å². The molecule has 190 valence electrons. The molecular formula is C26H27F3N4O3. The predicted octanol–water partition coefficient (Wildman–Crippen LogP) is 4.90. The molecular weight excluding hydrogens is 473 g/mol. The highest BCUT2D eigenvalue weighted by Crippen LogP contribution is 2.38. The third-order valence-corrected chi connectivity index (χ3v) is 6.32. The van der Waals surface area contributed by atoms with E-state index in [9.17, 15) is 22.8 Å². The third-order valence-electron chi connectivity index (χ3n) is 6.32. The van der Waals surface area contributed by atoms with Crippen LogP contribution < -0.4 is 10.2 Å². The lowest BCUT2D eigenvalue weighted by molar-refractivity contribution is -0.141. The Kier molecular flexibility index (Phi) is 7.05. The lowest BCUT2D eigenvalue weighted by atomic mass is 10.0. The van der Waals surface area contributed by atoms with E-state index in [1.54, 1.807) is 24.0 Å². The Morgan fingerprint density at radius 1 is 1.11 bits per heavy atom. The van der Waals surface area contributed by atoms with Gasteiger partial charge < -0.3 is 15.0 Å². The van der Waals surface area contributed by atoms with Gasteiger partial charge in [0.2, 0.25) is 0 Å². The molecule has 3 aromatic rings. The molecule has 0 radical (unpaired) electrons. The van der Waals surface area contributed by atoms with Gasteiger partial charge in [-0.1, -0.05) is 36.4 Å². The Hall–Kier alpha value is -3.82. The molecule has 2 heterocycles. The summed E-state index contributed by atoms with van der Waals surface area (Å²) in [6.45, 7) is 4.76. The minimum Gasteiger partial charge on any atom is -0.465 e. The molecule has 0 fully saturated rings. The number of esters is 1. The van der Waals surface area contributed by atoms with E-state index in [1.807, 2.05) is 31.2 Å². The Morgan fingerprint density at radius 2 is 1.81 bits per heavy atom. The van der Waals surface area contributed by atoms with Crippen molar-refractivity contribution in [1.29, 1.82) is 0 Å². The molecule has 1 amide bonds. The topological polar surface area (TPSA) is 76.5 Å². The zero-order chi connectivity index (χ0) is 26.0. The number of halogens is 3. The molecule has 1 atom stereocenters. The number of alkyl halides is 3. The molecule has 4 rings (SSSR count). The maximum Gasteiger partial charge on any atom is 0.436 e. The van der Waals surface area contributed by atoms with Crippen LogP contribution in [0.3, 0.4) is 0 Å². The zero-order valence-electron chi connectivity index (χ0n) is 20.2. The smallest absolute Gasteiger partial charge is 0.436 e. The number of carbonyl (C=O) groups excluding carboxylic acids is 2. The lowest BCUT2D eigenvalue weighted by Crippen LogP contribution is -2.35. The van der Waals surface area contributed by atoms with Crippen LogP contribution in [-0.4, -0.2) is 35.3 Å². The Morgan fingerprint density at radius 3 is 2.44 bits per heavy atom. The summed E-state index contributed by atoms with van der Waals surface area (Å²) in [7, 11) is 1.27. The number of anilines is 1. The lowest BCUT2D eigenvalue weighted by Gasteiger charge is -2.31. The maximum atomic E-state index is 14.0. The highest BCUT2D eigenvalue weighted by Gasteiger charge is 2.43. The van der Waals surface area contributed by atoms with E-state index in [1.165, 1.54) is 23.9 Å². The number of aryl methyl sites for hydroxylation is 2. The van der Waals surface area contributed by atoms with Crippen LogP contribution in [0.4, 0.5) is 19.0 Å². The van der Waals surface area contributed by atoms with Crippen molar-refractivity contribution >= 4 is 17.7 Å². The number of amides is 1. The van der Waals surface area contributed by atoms with Gasteiger partial charge in [-0.15, -0.1) is 0 Å². The highest BCUT2D eigenvalue weighted by molar-refractivity contribution is 6.01. The largest absolute Gasteiger partial charge is 0.465 e. The second-order valence-electron chi connectivity index (χ2n) is 8.78. The minimum absolute atomic E-state index is 0.169. The first-order chi connectivity index (χ1) is 17.1. The summed E-state index contributed by atoms with van der Waals surface area (Å²) in [6, 6.07) is 13.4. The van der Waals surface area contributed by atoms with Crippen molar-refractivity contribution in [3.63, 3.8) is 0 Å². The summed E-state index contributed by atoms with van der Waals surface area (Å²) in [6.07, 6.45) is -4.18. The van der Waals surface area contributed by atoms with Gasteiger partial charge in [0.25, 0.3) is 5.91 Å². The summed E-state index contributed by atoms with van der Waals surface area (Å²) in [5.74, 6) is -1.19. The van der Waals surface area contributed by atoms with E-state index in [-0.39, 0.29) is 5.82 Å². The molecule has 1 N–H and O–H groups in total. The first kappa shape index (κ1) is 25.3. The Balaban J connectivity index is 1.67. The van der Waals surface area contributed by atoms with Crippen LogP contribution in [0, 0.1) is 6.92 Å². The van der Waals surface area contributed by atoms with Gasteiger partial charge in [-0.05, 0) is 49.1 Å². The van der Waals surface area contributed by atoms with Crippen LogP contribution >= 0.6 is 0 Å². The normalized spacial score (nSPS) is 14.2. The van der Waals surface area contributed by atoms with E-state index < -0.39 is 35.4 Å². The van der Waals surface area contributed by atoms with Gasteiger partial charge in [0.1, 0.15) is 11.4 Å². The van der Waals surface area contributed by atoms with Crippen molar-refractivity contribution in [2.75, 3.05) is 18.6 Å². The SMILES string of the molecule is COC(=O)c1ccc([C@H](C)NC(=O)c2c(C(F)(F)F)nn3c2N(Cc2ccccc2C)CCC3)cc1. The Bertz CT molecular complexity index is 1270. The third kappa shape index (κ3) is 5.07. The van der Waals surface area contributed by atoms with Gasteiger partial charge in [-0.3, -0.25) is 4.79 Å². The predicted molar refractivity (Wildman–Crippen MR) is 128 cm³/mol. The molecule has 1 aromatic heterocycles. The number of rotatable bonds is 6. The van der Waals surface area contributed by atoms with Gasteiger partial charge in [0.05, 0.1) is 18.7 Å². The fraction of sp³-hybridized carbons (Fsp3) is 0.346. The van der Waals surface area contributed by atoms with Gasteiger partial charge in [0, 0.05) is 19.6 Å². The molecule has 1 aliphatic rings. The van der Waals surface area contributed by atoms with Crippen molar-refractivity contribution in [2.45, 2.75) is 45.6 Å². The number of ether oxygens (including phenoxy) is 1. The first-order valence-corrected chi connectivity index (χ1v) is 11.6. The molecule has 36 heavy (non-hydrogen) atoms. The minimum atomic E-state index is -4.79. The number of nitrogens with zero attached hydrogens (tertiary/aromatic N) is 3. The zero-order valence-corrected chi connectivity index (χ0v) is 20.2. The summed E-state index contributed by atoms with van der Waals surface area (Å²) in [5, 5.41) is 6.50. The summed E-state index contributed by atoms with van der Waals surface area (Å²) < 4.78 is 48.0. The average molecular weight is 501 g/mol. The number of fused-ring (bicyclic) bond motifs is 1. The fourth-order valence-corrected chi connectivity index (χ4v) is 4.38. The molecule has 7 nitrogen and oxygen atoms in total.